The van der Waals surface area contributed by atoms with E-state index < -0.39 is 11.6 Å². The highest BCUT2D eigenvalue weighted by molar-refractivity contribution is 5.89. The number of hydrogen-bond donors (Lipinski definition) is 0. The topological polar surface area (TPSA) is 91.4 Å². The van der Waals surface area contributed by atoms with Crippen LogP contribution in [0.4, 0.5) is 0 Å². The third-order valence-corrected chi connectivity index (χ3v) is 3.64. The second kappa shape index (κ2) is 6.72. The molecule has 0 bridgehead atoms. The van der Waals surface area contributed by atoms with E-state index in [0.29, 0.717) is 18.5 Å². The number of carbonyl (C=O) groups is 1. The first kappa shape index (κ1) is 16.6. The lowest BCUT2D eigenvalue weighted by Gasteiger charge is -2.07. The zero-order chi connectivity index (χ0) is 18.0. The third-order valence-electron chi connectivity index (χ3n) is 3.64. The SMILES string of the molecule is CCCn1nc(C(=O)Oc2ccc3c(C)cc(=O)oc3c2)ccc1=O. The molecule has 0 fully saturated rings. The molecule has 25 heavy (non-hydrogen) atoms. The fourth-order valence-corrected chi connectivity index (χ4v) is 2.46. The third kappa shape index (κ3) is 3.50. The van der Waals surface area contributed by atoms with E-state index in [4.69, 9.17) is 9.15 Å². The minimum absolute atomic E-state index is 0.0267. The number of ether oxygens (including phenoxy) is 1. The van der Waals surface area contributed by atoms with Crippen molar-refractivity contribution in [3.8, 4) is 5.75 Å². The number of aryl methyl sites for hydroxylation is 2. The van der Waals surface area contributed by atoms with E-state index in [1.807, 2.05) is 6.92 Å². The minimum Gasteiger partial charge on any atom is -0.423 e. The normalized spacial score (nSPS) is 10.8. The fourth-order valence-electron chi connectivity index (χ4n) is 2.46. The van der Waals surface area contributed by atoms with E-state index in [1.165, 1.54) is 28.9 Å². The molecule has 0 atom stereocenters. The van der Waals surface area contributed by atoms with Gasteiger partial charge in [-0.2, -0.15) is 5.10 Å². The highest BCUT2D eigenvalue weighted by Gasteiger charge is 2.13. The fraction of sp³-hybridized carbons (Fsp3) is 0.222. The van der Waals surface area contributed by atoms with Crippen molar-refractivity contribution in [3.63, 3.8) is 0 Å². The molecule has 7 heteroatoms. The molecule has 0 unspecified atom stereocenters. The first-order valence-electron chi connectivity index (χ1n) is 7.83. The van der Waals surface area contributed by atoms with Crippen LogP contribution in [-0.2, 0) is 6.54 Å². The van der Waals surface area contributed by atoms with Gasteiger partial charge in [-0.15, -0.1) is 0 Å². The Morgan fingerprint density at radius 1 is 1.20 bits per heavy atom. The molecule has 0 amide bonds. The highest BCUT2D eigenvalue weighted by Crippen LogP contribution is 2.22. The Hall–Kier alpha value is -3.22. The molecule has 0 spiro atoms. The molecular weight excluding hydrogens is 324 g/mol. The van der Waals surface area contributed by atoms with Crippen LogP contribution in [0.2, 0.25) is 0 Å². The summed E-state index contributed by atoms with van der Waals surface area (Å²) >= 11 is 0. The lowest BCUT2D eigenvalue weighted by molar-refractivity contribution is 0.0725. The number of nitrogens with zero attached hydrogens (tertiary/aromatic N) is 2. The van der Waals surface area contributed by atoms with Gasteiger partial charge in [-0.1, -0.05) is 6.92 Å². The molecule has 0 aliphatic heterocycles. The molecule has 0 radical (unpaired) electrons. The van der Waals surface area contributed by atoms with Crippen LogP contribution in [0.25, 0.3) is 11.0 Å². The van der Waals surface area contributed by atoms with Crippen molar-refractivity contribution in [2.75, 3.05) is 0 Å². The number of esters is 1. The van der Waals surface area contributed by atoms with Crippen molar-refractivity contribution in [1.29, 1.82) is 0 Å². The highest BCUT2D eigenvalue weighted by atomic mass is 16.5. The van der Waals surface area contributed by atoms with Gasteiger partial charge >= 0.3 is 11.6 Å². The molecule has 1 aromatic carbocycles. The van der Waals surface area contributed by atoms with Gasteiger partial charge in [0.15, 0.2) is 5.69 Å². The number of carbonyl (C=O) groups excluding carboxylic acids is 1. The standard InChI is InChI=1S/C18H16N2O5/c1-3-8-20-16(21)7-6-14(19-20)18(23)24-12-4-5-13-11(2)9-17(22)25-15(13)10-12/h4-7,9-10H,3,8H2,1-2H3. The van der Waals surface area contributed by atoms with Crippen LogP contribution in [0.5, 0.6) is 5.75 Å². The van der Waals surface area contributed by atoms with Gasteiger partial charge in [-0.3, -0.25) is 4.79 Å². The van der Waals surface area contributed by atoms with Crippen LogP contribution in [-0.4, -0.2) is 15.7 Å². The summed E-state index contributed by atoms with van der Waals surface area (Å²) < 4.78 is 11.6. The summed E-state index contributed by atoms with van der Waals surface area (Å²) in [7, 11) is 0. The molecule has 7 nitrogen and oxygen atoms in total. The number of aromatic nitrogens is 2. The minimum atomic E-state index is -0.695. The quantitative estimate of drug-likeness (QED) is 0.411. The molecule has 3 aromatic rings. The Kier molecular flexibility index (Phi) is 4.47. The van der Waals surface area contributed by atoms with Gasteiger partial charge in [-0.05, 0) is 37.1 Å². The van der Waals surface area contributed by atoms with E-state index in [1.54, 1.807) is 19.1 Å². The summed E-state index contributed by atoms with van der Waals surface area (Å²) in [6.07, 6.45) is 0.717. The van der Waals surface area contributed by atoms with Crippen LogP contribution < -0.4 is 15.9 Å². The van der Waals surface area contributed by atoms with Crippen molar-refractivity contribution in [2.24, 2.45) is 0 Å². The van der Waals surface area contributed by atoms with Gasteiger partial charge in [0.05, 0.1) is 0 Å². The molecule has 0 N–H and O–H groups in total. The van der Waals surface area contributed by atoms with E-state index in [0.717, 1.165) is 10.9 Å². The van der Waals surface area contributed by atoms with Gasteiger partial charge in [0.25, 0.3) is 5.56 Å². The maximum atomic E-state index is 12.3. The van der Waals surface area contributed by atoms with Crippen molar-refractivity contribution < 1.29 is 13.9 Å². The maximum absolute atomic E-state index is 12.3. The number of hydrogen-bond acceptors (Lipinski definition) is 6. The van der Waals surface area contributed by atoms with Crippen LogP contribution in [0.15, 0.2) is 50.4 Å². The van der Waals surface area contributed by atoms with E-state index in [-0.39, 0.29) is 17.0 Å². The summed E-state index contributed by atoms with van der Waals surface area (Å²) in [5, 5.41) is 4.76. The average molecular weight is 340 g/mol. The average Bonchev–Trinajstić information content (AvgIpc) is 2.56. The second-order valence-corrected chi connectivity index (χ2v) is 5.58. The molecule has 0 saturated carbocycles. The molecule has 0 saturated heterocycles. The summed E-state index contributed by atoms with van der Waals surface area (Å²) in [6.45, 7) is 4.12. The summed E-state index contributed by atoms with van der Waals surface area (Å²) in [5.74, 6) is -0.472. The van der Waals surface area contributed by atoms with Crippen LogP contribution >= 0.6 is 0 Å². The summed E-state index contributed by atoms with van der Waals surface area (Å²) in [6, 6.07) is 8.79. The van der Waals surface area contributed by atoms with Gasteiger partial charge in [0.2, 0.25) is 0 Å². The van der Waals surface area contributed by atoms with Crippen molar-refractivity contribution in [2.45, 2.75) is 26.8 Å². The molecule has 3 rings (SSSR count). The largest absolute Gasteiger partial charge is 0.423 e. The lowest BCUT2D eigenvalue weighted by atomic mass is 10.1. The maximum Gasteiger partial charge on any atom is 0.364 e. The van der Waals surface area contributed by atoms with Crippen molar-refractivity contribution >= 4 is 16.9 Å². The summed E-state index contributed by atoms with van der Waals surface area (Å²) in [4.78, 5) is 35.4. The zero-order valence-corrected chi connectivity index (χ0v) is 13.8. The molecule has 2 aromatic heterocycles. The Morgan fingerprint density at radius 3 is 2.76 bits per heavy atom. The van der Waals surface area contributed by atoms with E-state index in [2.05, 4.69) is 5.10 Å². The number of benzene rings is 1. The lowest BCUT2D eigenvalue weighted by Crippen LogP contribution is -2.25. The second-order valence-electron chi connectivity index (χ2n) is 5.58. The van der Waals surface area contributed by atoms with E-state index in [9.17, 15) is 14.4 Å². The number of fused-ring (bicyclic) bond motifs is 1. The predicted molar refractivity (Wildman–Crippen MR) is 91.0 cm³/mol. The van der Waals surface area contributed by atoms with Gasteiger partial charge in [0, 0.05) is 30.1 Å². The molecule has 0 aliphatic rings. The predicted octanol–water partition coefficient (Wildman–Crippen LogP) is 2.29. The van der Waals surface area contributed by atoms with E-state index >= 15 is 0 Å². The Bertz CT molecular complexity index is 1060. The van der Waals surface area contributed by atoms with Crippen LogP contribution in [0.3, 0.4) is 0 Å². The van der Waals surface area contributed by atoms with Crippen molar-refractivity contribution in [1.82, 2.24) is 9.78 Å². The number of rotatable bonds is 4. The zero-order valence-electron chi connectivity index (χ0n) is 13.8. The van der Waals surface area contributed by atoms with Gasteiger partial charge in [0.1, 0.15) is 11.3 Å². The van der Waals surface area contributed by atoms with Gasteiger partial charge < -0.3 is 9.15 Å². The smallest absolute Gasteiger partial charge is 0.364 e. The monoisotopic (exact) mass is 340 g/mol. The Balaban J connectivity index is 1.90. The Labute approximate surface area is 142 Å². The molecule has 2 heterocycles. The molecule has 0 aliphatic carbocycles. The van der Waals surface area contributed by atoms with Crippen LogP contribution in [0, 0.1) is 6.92 Å². The first-order chi connectivity index (χ1) is 12.0. The van der Waals surface area contributed by atoms with Crippen LogP contribution in [0.1, 0.15) is 29.4 Å². The first-order valence-corrected chi connectivity index (χ1v) is 7.83. The molecule has 128 valence electrons. The summed E-state index contributed by atoms with van der Waals surface area (Å²) in [5.41, 5.74) is 0.388. The van der Waals surface area contributed by atoms with Crippen molar-refractivity contribution in [3.05, 3.63) is 68.4 Å². The Morgan fingerprint density at radius 2 is 2.00 bits per heavy atom. The van der Waals surface area contributed by atoms with Gasteiger partial charge in [-0.25, -0.2) is 14.3 Å². The molecular formula is C18H16N2O5.